The highest BCUT2D eigenvalue weighted by molar-refractivity contribution is 7.15. The zero-order valence-corrected chi connectivity index (χ0v) is 12.8. The Morgan fingerprint density at radius 2 is 2.24 bits per heavy atom. The molecule has 5 nitrogen and oxygen atoms in total. The van der Waals surface area contributed by atoms with Crippen LogP contribution < -0.4 is 10.6 Å². The van der Waals surface area contributed by atoms with Crippen molar-refractivity contribution < 1.29 is 4.79 Å². The van der Waals surface area contributed by atoms with E-state index >= 15 is 0 Å². The first kappa shape index (κ1) is 14.0. The first-order valence-electron chi connectivity index (χ1n) is 7.25. The van der Waals surface area contributed by atoms with Gasteiger partial charge >= 0.3 is 0 Å². The Bertz CT molecular complexity index is 629. The molecule has 21 heavy (non-hydrogen) atoms. The number of carbonyl (C=O) groups excluding carboxylic acids is 1. The number of hydrogen-bond acceptors (Lipinski definition) is 5. The second-order valence-corrected chi connectivity index (χ2v) is 6.09. The number of aryl methyl sites for hydroxylation is 2. The van der Waals surface area contributed by atoms with Crippen molar-refractivity contribution in [1.29, 1.82) is 0 Å². The van der Waals surface area contributed by atoms with Crippen molar-refractivity contribution in [2.24, 2.45) is 0 Å². The van der Waals surface area contributed by atoms with Crippen LogP contribution in [0.1, 0.15) is 40.7 Å². The molecule has 0 saturated heterocycles. The lowest BCUT2D eigenvalue weighted by Crippen LogP contribution is -2.15. The van der Waals surface area contributed by atoms with Gasteiger partial charge in [-0.05, 0) is 38.7 Å². The van der Waals surface area contributed by atoms with E-state index in [1.54, 1.807) is 29.8 Å². The Morgan fingerprint density at radius 3 is 3.05 bits per heavy atom. The fourth-order valence-electron chi connectivity index (χ4n) is 2.49. The number of nitrogens with one attached hydrogen (secondary N) is 2. The zero-order valence-electron chi connectivity index (χ0n) is 12.0. The molecule has 110 valence electrons. The third-order valence-corrected chi connectivity index (χ3v) is 4.57. The van der Waals surface area contributed by atoms with Crippen LogP contribution in [-0.2, 0) is 12.8 Å². The van der Waals surface area contributed by atoms with E-state index in [0.29, 0.717) is 10.7 Å². The van der Waals surface area contributed by atoms with Crippen molar-refractivity contribution >= 4 is 28.1 Å². The van der Waals surface area contributed by atoms with E-state index in [2.05, 4.69) is 20.6 Å². The summed E-state index contributed by atoms with van der Waals surface area (Å²) in [6.45, 7) is 2.74. The van der Waals surface area contributed by atoms with Crippen LogP contribution in [0.4, 0.5) is 10.8 Å². The van der Waals surface area contributed by atoms with Crippen LogP contribution in [0.25, 0.3) is 0 Å². The van der Waals surface area contributed by atoms with Crippen molar-refractivity contribution in [2.75, 3.05) is 17.2 Å². The van der Waals surface area contributed by atoms with E-state index in [0.717, 1.165) is 30.8 Å². The Labute approximate surface area is 127 Å². The summed E-state index contributed by atoms with van der Waals surface area (Å²) in [4.78, 5) is 22.3. The molecule has 1 aliphatic rings. The molecular formula is C15H18N4OS. The van der Waals surface area contributed by atoms with Gasteiger partial charge in [0.25, 0.3) is 5.91 Å². The summed E-state index contributed by atoms with van der Waals surface area (Å²) < 4.78 is 0. The zero-order chi connectivity index (χ0) is 14.7. The van der Waals surface area contributed by atoms with Crippen LogP contribution in [0, 0.1) is 0 Å². The minimum absolute atomic E-state index is 0.139. The smallest absolute Gasteiger partial charge is 0.259 e. The van der Waals surface area contributed by atoms with E-state index < -0.39 is 0 Å². The Hall–Kier alpha value is -1.95. The topological polar surface area (TPSA) is 66.9 Å². The van der Waals surface area contributed by atoms with Gasteiger partial charge < -0.3 is 5.32 Å². The summed E-state index contributed by atoms with van der Waals surface area (Å²) in [5.41, 5.74) is 2.50. The van der Waals surface area contributed by atoms with Crippen LogP contribution in [0.15, 0.2) is 18.5 Å². The predicted molar refractivity (Wildman–Crippen MR) is 85.1 cm³/mol. The molecule has 3 rings (SSSR count). The highest BCUT2D eigenvalue weighted by Crippen LogP contribution is 2.30. The quantitative estimate of drug-likeness (QED) is 0.910. The number of amides is 1. The molecule has 2 heterocycles. The summed E-state index contributed by atoms with van der Waals surface area (Å²) in [5.74, 6) is -0.139. The first-order valence-corrected chi connectivity index (χ1v) is 8.07. The van der Waals surface area contributed by atoms with Gasteiger partial charge in [-0.1, -0.05) is 0 Å². The molecule has 6 heteroatoms. The average molecular weight is 302 g/mol. The van der Waals surface area contributed by atoms with Gasteiger partial charge in [-0.15, -0.1) is 11.3 Å². The van der Waals surface area contributed by atoms with Crippen LogP contribution in [-0.4, -0.2) is 22.4 Å². The van der Waals surface area contributed by atoms with E-state index in [-0.39, 0.29) is 5.91 Å². The fourth-order valence-corrected chi connectivity index (χ4v) is 3.54. The Balaban J connectivity index is 1.78. The maximum Gasteiger partial charge on any atom is 0.259 e. The second-order valence-electron chi connectivity index (χ2n) is 5.00. The number of pyridine rings is 1. The number of rotatable bonds is 4. The molecule has 0 bridgehead atoms. The minimum atomic E-state index is -0.139. The van der Waals surface area contributed by atoms with Gasteiger partial charge in [0.1, 0.15) is 0 Å². The summed E-state index contributed by atoms with van der Waals surface area (Å²) in [5, 5.41) is 6.77. The van der Waals surface area contributed by atoms with Crippen LogP contribution >= 0.6 is 11.3 Å². The molecule has 2 aromatic heterocycles. The highest BCUT2D eigenvalue weighted by Gasteiger charge is 2.18. The van der Waals surface area contributed by atoms with Crippen molar-refractivity contribution in [2.45, 2.75) is 32.6 Å². The van der Waals surface area contributed by atoms with E-state index in [9.17, 15) is 4.79 Å². The standard InChI is InChI=1S/C15H18N4OS/c1-2-17-12-9-16-8-7-10(12)14(20)19-15-18-11-5-3-4-6-13(11)21-15/h7-9,17H,2-6H2,1H3,(H,18,19,20). The number of nitrogens with zero attached hydrogens (tertiary/aromatic N) is 2. The Morgan fingerprint density at radius 1 is 1.38 bits per heavy atom. The molecule has 2 aromatic rings. The van der Waals surface area contributed by atoms with Crippen molar-refractivity contribution in [1.82, 2.24) is 9.97 Å². The summed E-state index contributed by atoms with van der Waals surface area (Å²) in [6.07, 6.45) is 7.82. The maximum atomic E-state index is 12.4. The highest BCUT2D eigenvalue weighted by atomic mass is 32.1. The third kappa shape index (κ3) is 3.05. The summed E-state index contributed by atoms with van der Waals surface area (Å²) in [7, 11) is 0. The molecule has 2 N–H and O–H groups in total. The monoisotopic (exact) mass is 302 g/mol. The van der Waals surface area contributed by atoms with Gasteiger partial charge in [0.05, 0.1) is 23.1 Å². The number of hydrogen-bond donors (Lipinski definition) is 2. The Kier molecular flexibility index (Phi) is 4.15. The van der Waals surface area contributed by atoms with Gasteiger partial charge in [-0.3, -0.25) is 15.1 Å². The fraction of sp³-hybridized carbons (Fsp3) is 0.400. The van der Waals surface area contributed by atoms with Crippen molar-refractivity contribution in [3.05, 3.63) is 34.6 Å². The second kappa shape index (κ2) is 6.22. The van der Waals surface area contributed by atoms with Crippen molar-refractivity contribution in [3.63, 3.8) is 0 Å². The van der Waals surface area contributed by atoms with Crippen molar-refractivity contribution in [3.8, 4) is 0 Å². The molecule has 0 spiro atoms. The number of aromatic nitrogens is 2. The van der Waals surface area contributed by atoms with Crippen LogP contribution in [0.2, 0.25) is 0 Å². The molecule has 0 aliphatic heterocycles. The SMILES string of the molecule is CCNc1cnccc1C(=O)Nc1nc2c(s1)CCCC2. The average Bonchev–Trinajstić information content (AvgIpc) is 2.90. The van der Waals surface area contributed by atoms with E-state index in [4.69, 9.17) is 0 Å². The van der Waals surface area contributed by atoms with Gasteiger partial charge in [0.2, 0.25) is 0 Å². The van der Waals surface area contributed by atoms with Gasteiger partial charge in [-0.25, -0.2) is 4.98 Å². The molecular weight excluding hydrogens is 284 g/mol. The molecule has 0 aromatic carbocycles. The lowest BCUT2D eigenvalue weighted by Gasteiger charge is -2.08. The molecule has 0 atom stereocenters. The normalized spacial score (nSPS) is 13.6. The largest absolute Gasteiger partial charge is 0.383 e. The van der Waals surface area contributed by atoms with Gasteiger partial charge in [-0.2, -0.15) is 0 Å². The lowest BCUT2D eigenvalue weighted by molar-refractivity contribution is 0.102. The molecule has 0 unspecified atom stereocenters. The minimum Gasteiger partial charge on any atom is -0.383 e. The third-order valence-electron chi connectivity index (χ3n) is 3.50. The molecule has 1 aliphatic carbocycles. The number of fused-ring (bicyclic) bond motifs is 1. The molecule has 1 amide bonds. The van der Waals surface area contributed by atoms with Gasteiger partial charge in [0, 0.05) is 17.6 Å². The number of anilines is 2. The summed E-state index contributed by atoms with van der Waals surface area (Å²) >= 11 is 1.60. The van der Waals surface area contributed by atoms with Crippen LogP contribution in [0.3, 0.4) is 0 Å². The molecule has 0 radical (unpaired) electrons. The lowest BCUT2D eigenvalue weighted by atomic mass is 10.0. The van der Waals surface area contributed by atoms with Gasteiger partial charge in [0.15, 0.2) is 5.13 Å². The number of carbonyl (C=O) groups is 1. The van der Waals surface area contributed by atoms with Crippen LogP contribution in [0.5, 0.6) is 0 Å². The molecule has 0 saturated carbocycles. The van der Waals surface area contributed by atoms with E-state index in [1.807, 2.05) is 6.92 Å². The predicted octanol–water partition coefficient (Wildman–Crippen LogP) is 3.10. The first-order chi connectivity index (χ1) is 10.3. The maximum absolute atomic E-state index is 12.4. The van der Waals surface area contributed by atoms with E-state index in [1.165, 1.54) is 17.7 Å². The summed E-state index contributed by atoms with van der Waals surface area (Å²) in [6, 6.07) is 1.72. The molecule has 0 fully saturated rings. The number of thiazole rings is 1.